The van der Waals surface area contributed by atoms with Crippen molar-refractivity contribution in [3.8, 4) is 0 Å². The van der Waals surface area contributed by atoms with Crippen LogP contribution in [-0.2, 0) is 6.42 Å². The summed E-state index contributed by atoms with van der Waals surface area (Å²) in [5.74, 6) is 1.26. The number of nitrogens with one attached hydrogen (secondary N) is 1. The molecule has 3 heterocycles. The van der Waals surface area contributed by atoms with Gasteiger partial charge in [-0.15, -0.1) is 0 Å². The van der Waals surface area contributed by atoms with E-state index in [9.17, 15) is 4.79 Å². The number of nitrogens with zero attached hydrogens (tertiary/aromatic N) is 6. The van der Waals surface area contributed by atoms with Crippen LogP contribution in [0, 0.1) is 0 Å². The molecule has 8 nitrogen and oxygen atoms in total. The summed E-state index contributed by atoms with van der Waals surface area (Å²) in [6.45, 7) is 2.64. The van der Waals surface area contributed by atoms with Crippen LogP contribution in [0.1, 0.15) is 21.5 Å². The first-order valence-electron chi connectivity index (χ1n) is 12.7. The smallest absolute Gasteiger partial charge is 0.253 e. The number of hydrogen-bond acceptors (Lipinski definition) is 7. The van der Waals surface area contributed by atoms with Gasteiger partial charge in [0.05, 0.1) is 5.52 Å². The Bertz CT molecular complexity index is 1530. The molecule has 8 heteroatoms. The lowest BCUT2D eigenvalue weighted by atomic mass is 10.1. The van der Waals surface area contributed by atoms with Gasteiger partial charge in [0.25, 0.3) is 5.91 Å². The molecule has 0 saturated carbocycles. The van der Waals surface area contributed by atoms with E-state index in [0.717, 1.165) is 28.6 Å². The molecular weight excluding hydrogens is 474 g/mol. The molecule has 0 aliphatic carbocycles. The quantitative estimate of drug-likeness (QED) is 0.360. The minimum atomic E-state index is 0.0253. The molecule has 1 N–H and O–H groups in total. The minimum Gasteiger partial charge on any atom is -0.337 e. The van der Waals surface area contributed by atoms with Gasteiger partial charge in [0.2, 0.25) is 11.9 Å². The second kappa shape index (κ2) is 10.6. The third-order valence-corrected chi connectivity index (χ3v) is 6.67. The molecule has 1 saturated heterocycles. The van der Waals surface area contributed by atoms with Crippen molar-refractivity contribution in [2.75, 3.05) is 36.4 Å². The van der Waals surface area contributed by atoms with E-state index < -0.39 is 0 Å². The molecule has 188 valence electrons. The zero-order valence-corrected chi connectivity index (χ0v) is 20.9. The lowest BCUT2D eigenvalue weighted by Crippen LogP contribution is -2.49. The van der Waals surface area contributed by atoms with Crippen LogP contribution in [0.5, 0.6) is 0 Å². The Labute approximate surface area is 221 Å². The summed E-state index contributed by atoms with van der Waals surface area (Å²) in [4.78, 5) is 35.2. The Balaban J connectivity index is 1.03. The molecule has 1 aliphatic rings. The fourth-order valence-corrected chi connectivity index (χ4v) is 4.58. The molecule has 1 fully saturated rings. The van der Waals surface area contributed by atoms with E-state index in [2.05, 4.69) is 42.3 Å². The van der Waals surface area contributed by atoms with Crippen molar-refractivity contribution >= 4 is 34.4 Å². The molecule has 0 radical (unpaired) electrons. The van der Waals surface area contributed by atoms with Gasteiger partial charge in [0.15, 0.2) is 0 Å². The maximum atomic E-state index is 13.1. The van der Waals surface area contributed by atoms with Crippen molar-refractivity contribution in [3.05, 3.63) is 114 Å². The van der Waals surface area contributed by atoms with Gasteiger partial charge in [-0.3, -0.25) is 4.79 Å². The second-order valence-corrected chi connectivity index (χ2v) is 9.29. The minimum absolute atomic E-state index is 0.0253. The van der Waals surface area contributed by atoms with Crippen molar-refractivity contribution in [3.63, 3.8) is 0 Å². The zero-order chi connectivity index (χ0) is 25.7. The molecule has 5 aromatic rings. The number of fused-ring (bicyclic) bond motifs is 1. The molecule has 1 aliphatic heterocycles. The van der Waals surface area contributed by atoms with E-state index in [0.29, 0.717) is 43.6 Å². The first-order chi connectivity index (χ1) is 18.7. The van der Waals surface area contributed by atoms with Gasteiger partial charge in [-0.1, -0.05) is 48.5 Å². The highest BCUT2D eigenvalue weighted by Gasteiger charge is 2.23. The Kier molecular flexibility index (Phi) is 6.59. The molecule has 38 heavy (non-hydrogen) atoms. The molecule has 0 unspecified atom stereocenters. The van der Waals surface area contributed by atoms with Crippen LogP contribution in [0.4, 0.5) is 17.6 Å². The second-order valence-electron chi connectivity index (χ2n) is 9.29. The summed E-state index contributed by atoms with van der Waals surface area (Å²) in [5, 5.41) is 4.21. The Morgan fingerprint density at radius 1 is 0.737 bits per heavy atom. The largest absolute Gasteiger partial charge is 0.337 e. The standard InChI is InChI=1S/C30H27N7O/c38-28(24-10-12-26(13-11-24)34-29-31-21-25-8-4-5-9-27(25)35-29)36-14-16-37(17-15-36)30-32-19-23(20-33-30)18-22-6-2-1-3-7-22/h1-13,19-21H,14-18H2,(H,31,34,35). The third-order valence-electron chi connectivity index (χ3n) is 6.67. The van der Waals surface area contributed by atoms with Crippen molar-refractivity contribution in [2.24, 2.45) is 0 Å². The maximum Gasteiger partial charge on any atom is 0.253 e. The van der Waals surface area contributed by atoms with Crippen LogP contribution in [0.25, 0.3) is 10.9 Å². The highest BCUT2D eigenvalue weighted by Crippen LogP contribution is 2.19. The zero-order valence-electron chi connectivity index (χ0n) is 20.9. The fraction of sp³-hybridized carbons (Fsp3) is 0.167. The molecule has 6 rings (SSSR count). The summed E-state index contributed by atoms with van der Waals surface area (Å²) in [6, 6.07) is 25.6. The Hall–Kier alpha value is -4.85. The Morgan fingerprint density at radius 2 is 1.45 bits per heavy atom. The Morgan fingerprint density at radius 3 is 2.21 bits per heavy atom. The molecule has 0 bridgehead atoms. The summed E-state index contributed by atoms with van der Waals surface area (Å²) in [6.07, 6.45) is 6.40. The van der Waals surface area contributed by atoms with Gasteiger partial charge in [-0.05, 0) is 41.5 Å². The first kappa shape index (κ1) is 23.5. The predicted molar refractivity (Wildman–Crippen MR) is 149 cm³/mol. The number of aromatic nitrogens is 4. The van der Waals surface area contributed by atoms with E-state index in [1.54, 1.807) is 6.20 Å². The number of anilines is 3. The topological polar surface area (TPSA) is 87.1 Å². The van der Waals surface area contributed by atoms with Crippen LogP contribution >= 0.6 is 0 Å². The number of amides is 1. The van der Waals surface area contributed by atoms with E-state index in [1.165, 1.54) is 5.56 Å². The average molecular weight is 502 g/mol. The predicted octanol–water partition coefficient (Wildman–Crippen LogP) is 4.72. The van der Waals surface area contributed by atoms with Gasteiger partial charge < -0.3 is 15.1 Å². The molecule has 0 spiro atoms. The SMILES string of the molecule is O=C(c1ccc(Nc2ncc3ccccc3n2)cc1)N1CCN(c2ncc(Cc3ccccc3)cn2)CC1. The molecule has 1 amide bonds. The van der Waals surface area contributed by atoms with Crippen molar-refractivity contribution in [1.82, 2.24) is 24.8 Å². The maximum absolute atomic E-state index is 13.1. The number of hydrogen-bond donors (Lipinski definition) is 1. The van der Waals surface area contributed by atoms with Crippen molar-refractivity contribution < 1.29 is 4.79 Å². The molecule has 3 aromatic carbocycles. The van der Waals surface area contributed by atoms with Crippen LogP contribution < -0.4 is 10.2 Å². The number of rotatable bonds is 6. The molecule has 0 atom stereocenters. The van der Waals surface area contributed by atoms with Gasteiger partial charge in [-0.25, -0.2) is 19.9 Å². The average Bonchev–Trinajstić information content (AvgIpc) is 2.98. The summed E-state index contributed by atoms with van der Waals surface area (Å²) in [5.41, 5.74) is 4.68. The number of piperazine rings is 1. The summed E-state index contributed by atoms with van der Waals surface area (Å²) < 4.78 is 0. The van der Waals surface area contributed by atoms with Gasteiger partial charge in [0, 0.05) is 67.8 Å². The number of benzene rings is 3. The van der Waals surface area contributed by atoms with Gasteiger partial charge >= 0.3 is 0 Å². The highest BCUT2D eigenvalue weighted by atomic mass is 16.2. The fourth-order valence-electron chi connectivity index (χ4n) is 4.58. The van der Waals surface area contributed by atoms with Crippen molar-refractivity contribution in [2.45, 2.75) is 6.42 Å². The summed E-state index contributed by atoms with van der Waals surface area (Å²) >= 11 is 0. The summed E-state index contributed by atoms with van der Waals surface area (Å²) in [7, 11) is 0. The van der Waals surface area contributed by atoms with Gasteiger partial charge in [0.1, 0.15) is 0 Å². The van der Waals surface area contributed by atoms with Crippen LogP contribution in [0.15, 0.2) is 97.5 Å². The monoisotopic (exact) mass is 501 g/mol. The lowest BCUT2D eigenvalue weighted by molar-refractivity contribution is 0.0746. The van der Waals surface area contributed by atoms with E-state index >= 15 is 0 Å². The third kappa shape index (κ3) is 5.29. The van der Waals surface area contributed by atoms with Crippen LogP contribution in [0.3, 0.4) is 0 Å². The number of carbonyl (C=O) groups is 1. The number of carbonyl (C=O) groups excluding carboxylic acids is 1. The normalized spacial score (nSPS) is 13.5. The highest BCUT2D eigenvalue weighted by molar-refractivity contribution is 5.94. The van der Waals surface area contributed by atoms with E-state index in [1.807, 2.05) is 84.0 Å². The molecule has 2 aromatic heterocycles. The van der Waals surface area contributed by atoms with Gasteiger partial charge in [-0.2, -0.15) is 0 Å². The molecular formula is C30H27N7O. The first-order valence-corrected chi connectivity index (χ1v) is 12.7. The lowest BCUT2D eigenvalue weighted by Gasteiger charge is -2.34. The van der Waals surface area contributed by atoms with Crippen LogP contribution in [-0.4, -0.2) is 56.9 Å². The van der Waals surface area contributed by atoms with E-state index in [4.69, 9.17) is 0 Å². The van der Waals surface area contributed by atoms with Crippen LogP contribution in [0.2, 0.25) is 0 Å². The number of para-hydroxylation sites is 1. The van der Waals surface area contributed by atoms with E-state index in [-0.39, 0.29) is 5.91 Å². The van der Waals surface area contributed by atoms with Crippen molar-refractivity contribution in [1.29, 1.82) is 0 Å².